The Morgan fingerprint density at radius 1 is 1.09 bits per heavy atom. The van der Waals surface area contributed by atoms with Gasteiger partial charge in [0.15, 0.2) is 17.4 Å². The Morgan fingerprint density at radius 2 is 1.83 bits per heavy atom. The highest BCUT2D eigenvalue weighted by Crippen LogP contribution is 2.34. The number of amides is 2. The molecule has 5 rings (SSSR count). The first-order chi connectivity index (χ1) is 16.9. The van der Waals surface area contributed by atoms with Crippen molar-refractivity contribution in [1.29, 1.82) is 0 Å². The summed E-state index contributed by atoms with van der Waals surface area (Å²) in [5, 5.41) is 6.21. The number of H-pyrrole nitrogens is 1. The summed E-state index contributed by atoms with van der Waals surface area (Å²) in [7, 11) is 0. The van der Waals surface area contributed by atoms with Crippen molar-refractivity contribution in [1.82, 2.24) is 19.9 Å². The first-order valence-corrected chi connectivity index (χ1v) is 11.1. The monoisotopic (exact) mass is 474 g/mol. The lowest BCUT2D eigenvalue weighted by Crippen LogP contribution is -2.42. The molecule has 0 spiro atoms. The first-order valence-electron chi connectivity index (χ1n) is 11.1. The van der Waals surface area contributed by atoms with E-state index in [-0.39, 0.29) is 34.8 Å². The zero-order valence-corrected chi connectivity index (χ0v) is 19.2. The van der Waals surface area contributed by atoms with E-state index in [4.69, 9.17) is 4.74 Å². The van der Waals surface area contributed by atoms with Gasteiger partial charge in [0, 0.05) is 48.0 Å². The Morgan fingerprint density at radius 3 is 2.51 bits per heavy atom. The first kappa shape index (κ1) is 22.3. The zero-order chi connectivity index (χ0) is 24.5. The average Bonchev–Trinajstić information content (AvgIpc) is 3.17. The molecular weight excluding hydrogens is 451 g/mol. The summed E-state index contributed by atoms with van der Waals surface area (Å²) in [6.45, 7) is 4.50. The molecule has 9 nitrogen and oxygen atoms in total. The maximum Gasteiger partial charge on any atom is 0.263 e. The maximum absolute atomic E-state index is 15.2. The van der Waals surface area contributed by atoms with Crippen LogP contribution in [-0.4, -0.2) is 44.8 Å². The van der Waals surface area contributed by atoms with Crippen molar-refractivity contribution < 1.29 is 18.7 Å². The van der Waals surface area contributed by atoms with E-state index in [1.165, 1.54) is 19.3 Å². The number of aryl methyl sites for hydroxylation is 1. The number of hydrogen-bond donors (Lipinski definition) is 3. The highest BCUT2D eigenvalue weighted by Gasteiger charge is 2.29. The molecule has 0 bridgehead atoms. The molecule has 1 aliphatic heterocycles. The molecular formula is C25H23FN6O3. The predicted molar refractivity (Wildman–Crippen MR) is 130 cm³/mol. The van der Waals surface area contributed by atoms with E-state index in [0.29, 0.717) is 35.4 Å². The number of carbonyl (C=O) groups is 2. The minimum absolute atomic E-state index is 0.0419. The highest BCUT2D eigenvalue weighted by atomic mass is 19.1. The minimum atomic E-state index is -0.545. The number of nitrogens with one attached hydrogen (secondary N) is 3. The number of rotatable bonds is 6. The molecule has 1 fully saturated rings. The third kappa shape index (κ3) is 4.50. The number of fused-ring (bicyclic) bond motifs is 1. The van der Waals surface area contributed by atoms with Crippen molar-refractivity contribution in [2.75, 3.05) is 23.7 Å². The molecule has 0 radical (unpaired) electrons. The molecule has 2 aromatic carbocycles. The number of aromatic nitrogens is 3. The van der Waals surface area contributed by atoms with Crippen LogP contribution in [-0.2, 0) is 4.79 Å². The van der Waals surface area contributed by atoms with Crippen LogP contribution in [0.4, 0.5) is 21.6 Å². The van der Waals surface area contributed by atoms with Gasteiger partial charge in [-0.2, -0.15) is 0 Å². The van der Waals surface area contributed by atoms with Gasteiger partial charge in [0.2, 0.25) is 11.8 Å². The van der Waals surface area contributed by atoms with E-state index < -0.39 is 5.82 Å². The minimum Gasteiger partial charge on any atom is -0.435 e. The Labute approximate surface area is 200 Å². The number of hydrogen-bond acceptors (Lipinski definition) is 6. The third-order valence-corrected chi connectivity index (χ3v) is 5.68. The number of benzene rings is 2. The molecule has 1 saturated heterocycles. The molecule has 2 amide bonds. The number of ether oxygens (including phenoxy) is 1. The Kier molecular flexibility index (Phi) is 5.77. The summed E-state index contributed by atoms with van der Waals surface area (Å²) >= 11 is 0. The van der Waals surface area contributed by atoms with Crippen LogP contribution in [0.15, 0.2) is 48.8 Å². The van der Waals surface area contributed by atoms with Crippen LogP contribution in [0, 0.1) is 12.7 Å². The summed E-state index contributed by atoms with van der Waals surface area (Å²) in [5.74, 6) is -0.874. The third-order valence-electron chi connectivity index (χ3n) is 5.68. The summed E-state index contributed by atoms with van der Waals surface area (Å²) in [6, 6.07) is 11.9. The van der Waals surface area contributed by atoms with Crippen LogP contribution >= 0.6 is 0 Å². The van der Waals surface area contributed by atoms with Gasteiger partial charge in [0.25, 0.3) is 5.91 Å². The second-order valence-electron chi connectivity index (χ2n) is 8.33. The number of likely N-dealkylation sites (tertiary alicyclic amines) is 1. The van der Waals surface area contributed by atoms with Gasteiger partial charge in [0.05, 0.1) is 0 Å². The second kappa shape index (κ2) is 9.05. The quantitative estimate of drug-likeness (QED) is 0.372. The molecule has 0 saturated carbocycles. The smallest absolute Gasteiger partial charge is 0.263 e. The fourth-order valence-electron chi connectivity index (χ4n) is 3.86. The van der Waals surface area contributed by atoms with Gasteiger partial charge >= 0.3 is 0 Å². The van der Waals surface area contributed by atoms with Gasteiger partial charge in [-0.15, -0.1) is 0 Å². The summed E-state index contributed by atoms with van der Waals surface area (Å²) in [6.07, 6.45) is 2.16. The molecule has 35 heavy (non-hydrogen) atoms. The van der Waals surface area contributed by atoms with E-state index in [2.05, 4.69) is 25.6 Å². The van der Waals surface area contributed by atoms with Crippen molar-refractivity contribution in [3.63, 3.8) is 0 Å². The van der Waals surface area contributed by atoms with E-state index >= 15 is 4.39 Å². The Balaban J connectivity index is 1.50. The van der Waals surface area contributed by atoms with Crippen LogP contribution in [0.1, 0.15) is 29.4 Å². The van der Waals surface area contributed by atoms with Crippen molar-refractivity contribution >= 4 is 39.9 Å². The Hall–Kier alpha value is -4.47. The van der Waals surface area contributed by atoms with Crippen molar-refractivity contribution in [3.05, 3.63) is 65.9 Å². The van der Waals surface area contributed by atoms with Gasteiger partial charge in [-0.05, 0) is 55.8 Å². The molecule has 0 aliphatic carbocycles. The lowest BCUT2D eigenvalue weighted by molar-refractivity contribution is -0.114. The van der Waals surface area contributed by atoms with Crippen molar-refractivity contribution in [3.8, 4) is 11.6 Å². The second-order valence-corrected chi connectivity index (χ2v) is 8.33. The van der Waals surface area contributed by atoms with Crippen LogP contribution in [0.2, 0.25) is 0 Å². The van der Waals surface area contributed by atoms with Crippen LogP contribution in [0.5, 0.6) is 11.6 Å². The Bertz CT molecular complexity index is 1430. The molecule has 178 valence electrons. The van der Waals surface area contributed by atoms with Gasteiger partial charge in [-0.25, -0.2) is 14.4 Å². The molecule has 1 aliphatic rings. The van der Waals surface area contributed by atoms with Gasteiger partial charge < -0.3 is 25.3 Å². The lowest BCUT2D eigenvalue weighted by Gasteiger charge is -2.31. The summed E-state index contributed by atoms with van der Waals surface area (Å²) in [5.41, 5.74) is 2.86. The van der Waals surface area contributed by atoms with Crippen molar-refractivity contribution in [2.24, 2.45) is 0 Å². The average molecular weight is 474 g/mol. The largest absolute Gasteiger partial charge is 0.435 e. The van der Waals surface area contributed by atoms with Gasteiger partial charge in [-0.3, -0.25) is 9.59 Å². The lowest BCUT2D eigenvalue weighted by atomic mass is 10.1. The van der Waals surface area contributed by atoms with E-state index in [9.17, 15) is 9.59 Å². The van der Waals surface area contributed by atoms with E-state index in [1.54, 1.807) is 41.3 Å². The summed E-state index contributed by atoms with van der Waals surface area (Å²) < 4.78 is 21.0. The van der Waals surface area contributed by atoms with Gasteiger partial charge in [-0.1, -0.05) is 0 Å². The van der Waals surface area contributed by atoms with Crippen LogP contribution in [0.25, 0.3) is 10.9 Å². The SMILES string of the molecule is CC(=O)Nc1ccc(Nc2ncnc(Oc3ccc4[nH]c(C)cc4c3F)c2C(=O)N2CCC2)cc1. The van der Waals surface area contributed by atoms with Crippen LogP contribution < -0.4 is 15.4 Å². The van der Waals surface area contributed by atoms with Gasteiger partial charge in [0.1, 0.15) is 11.9 Å². The normalized spacial score (nSPS) is 12.8. The predicted octanol–water partition coefficient (Wildman–Crippen LogP) is 4.75. The number of aromatic amines is 1. The molecule has 10 heteroatoms. The number of carbonyl (C=O) groups excluding carboxylic acids is 2. The molecule has 2 aromatic heterocycles. The highest BCUT2D eigenvalue weighted by molar-refractivity contribution is 6.02. The molecule has 4 aromatic rings. The molecule has 0 unspecified atom stereocenters. The summed E-state index contributed by atoms with van der Waals surface area (Å²) in [4.78, 5) is 37.7. The van der Waals surface area contributed by atoms with Crippen molar-refractivity contribution in [2.45, 2.75) is 20.3 Å². The topological polar surface area (TPSA) is 112 Å². The van der Waals surface area contributed by atoms with Crippen LogP contribution in [0.3, 0.4) is 0 Å². The maximum atomic E-state index is 15.2. The number of anilines is 3. The zero-order valence-electron chi connectivity index (χ0n) is 19.2. The fourth-order valence-corrected chi connectivity index (χ4v) is 3.86. The molecule has 3 N–H and O–H groups in total. The van der Waals surface area contributed by atoms with E-state index in [0.717, 1.165) is 12.1 Å². The standard InChI is InChI=1S/C25H23FN6O3/c1-14-12-18-19(29-14)8-9-20(22(18)26)35-24-21(25(34)32-10-3-11-32)23(27-13-28-24)31-17-6-4-16(5-7-17)30-15(2)33/h4-9,12-13,29H,3,10-11H2,1-2H3,(H,30,33)(H,27,28,31). The number of halogens is 1. The van der Waals surface area contributed by atoms with E-state index in [1.807, 2.05) is 6.92 Å². The fraction of sp³-hybridized carbons (Fsp3) is 0.200. The molecule has 0 atom stereocenters. The molecule has 3 heterocycles. The number of nitrogens with zero attached hydrogens (tertiary/aromatic N) is 3.